The average Bonchev–Trinajstić information content (AvgIpc) is 1.46. The van der Waals surface area contributed by atoms with Gasteiger partial charge in [-0.25, -0.2) is 31.9 Å². The topological polar surface area (TPSA) is 404 Å². The van der Waals surface area contributed by atoms with Crippen molar-refractivity contribution in [2.24, 2.45) is 0 Å². The first-order valence-electron chi connectivity index (χ1n) is 45.5. The van der Waals surface area contributed by atoms with Gasteiger partial charge in [0.15, 0.2) is 23.0 Å². The summed E-state index contributed by atoms with van der Waals surface area (Å²) in [6.45, 7) is 17.6. The molecular formula is C105H115BBr2F4N14O17. The van der Waals surface area contributed by atoms with Crippen molar-refractivity contribution in [3.63, 3.8) is 0 Å². The number of anilines is 4. The average molecular weight is 2090 g/mol. The van der Waals surface area contributed by atoms with Crippen LogP contribution in [0.15, 0.2) is 234 Å². The Morgan fingerprint density at radius 1 is 0.434 bits per heavy atom. The van der Waals surface area contributed by atoms with E-state index in [1.54, 1.807) is 146 Å². The predicted molar refractivity (Wildman–Crippen MR) is 544 cm³/mol. The molecule has 0 aliphatic carbocycles. The van der Waals surface area contributed by atoms with E-state index < -0.39 is 72.9 Å². The Morgan fingerprint density at radius 2 is 0.769 bits per heavy atom. The summed E-state index contributed by atoms with van der Waals surface area (Å²) in [5, 5.41) is 57.3. The largest absolute Gasteiger partial charge is 0.497 e. The Balaban J connectivity index is 0.000000184. The van der Waals surface area contributed by atoms with Crippen LogP contribution < -0.4 is 70.4 Å². The van der Waals surface area contributed by atoms with Gasteiger partial charge in [0.1, 0.15) is 112 Å². The van der Waals surface area contributed by atoms with Crippen LogP contribution in [0.25, 0.3) is 22.3 Å². The fourth-order valence-corrected chi connectivity index (χ4v) is 15.2. The van der Waals surface area contributed by atoms with E-state index in [9.17, 15) is 47.3 Å². The van der Waals surface area contributed by atoms with Crippen molar-refractivity contribution in [2.45, 2.75) is 154 Å². The zero-order valence-corrected chi connectivity index (χ0v) is 84.5. The van der Waals surface area contributed by atoms with Gasteiger partial charge in [0.25, 0.3) is 0 Å². The molecule has 0 saturated carbocycles. The fourth-order valence-electron chi connectivity index (χ4n) is 14.5. The Kier molecular flexibility index (Phi) is 40.7. The maximum absolute atomic E-state index is 14.3. The molecule has 4 fully saturated rings. The first-order valence-corrected chi connectivity index (χ1v) is 47.1. The summed E-state index contributed by atoms with van der Waals surface area (Å²) in [6.07, 6.45) is 4.93. The molecule has 3 aromatic heterocycles. The van der Waals surface area contributed by atoms with Gasteiger partial charge in [-0.15, -0.1) is 0 Å². The Labute approximate surface area is 846 Å². The number of ether oxygens (including phenoxy) is 11. The second-order valence-electron chi connectivity index (χ2n) is 36.0. The molecule has 4 aliphatic heterocycles. The lowest BCUT2D eigenvalue weighted by Crippen LogP contribution is -2.42. The lowest BCUT2D eigenvalue weighted by Gasteiger charge is -2.28. The van der Waals surface area contributed by atoms with Crippen molar-refractivity contribution in [1.82, 2.24) is 35.0 Å². The van der Waals surface area contributed by atoms with E-state index in [4.69, 9.17) is 73.1 Å². The van der Waals surface area contributed by atoms with Gasteiger partial charge < -0.3 is 104 Å². The van der Waals surface area contributed by atoms with E-state index in [2.05, 4.69) is 80.2 Å². The van der Waals surface area contributed by atoms with Gasteiger partial charge in [-0.05, 0) is 256 Å². The molecule has 15 rings (SSSR count). The third-order valence-electron chi connectivity index (χ3n) is 21.4. The van der Waals surface area contributed by atoms with Crippen LogP contribution in [0.5, 0.6) is 69.0 Å². The molecule has 0 radical (unpaired) electrons. The maximum Gasteiger partial charge on any atom is 0.490 e. The quantitative estimate of drug-likeness (QED) is 0.00918. The molecule has 4 aliphatic rings. The number of methoxy groups -OCH3 is 4. The molecule has 8 atom stereocenters. The number of nitrogen functional groups attached to an aromatic ring is 1. The van der Waals surface area contributed by atoms with E-state index in [1.807, 2.05) is 146 Å². The number of hydrogen-bond acceptors (Lipinski definition) is 28. The van der Waals surface area contributed by atoms with Gasteiger partial charge in [0.05, 0.1) is 106 Å². The van der Waals surface area contributed by atoms with Crippen LogP contribution in [-0.4, -0.2) is 211 Å². The van der Waals surface area contributed by atoms with Crippen molar-refractivity contribution in [3.8, 4) is 109 Å². The number of pyridine rings is 3. The molecule has 8 aromatic carbocycles. The van der Waals surface area contributed by atoms with Crippen LogP contribution in [0.3, 0.4) is 0 Å². The number of rotatable bonds is 25. The van der Waals surface area contributed by atoms with Gasteiger partial charge in [0.2, 0.25) is 0 Å². The van der Waals surface area contributed by atoms with Crippen LogP contribution in [-0.2, 0) is 19.0 Å². The molecule has 3 amide bonds. The molecule has 7 heterocycles. The lowest BCUT2D eigenvalue weighted by atomic mass is 9.81. The highest BCUT2D eigenvalue weighted by molar-refractivity contribution is 9.10. The van der Waals surface area contributed by atoms with E-state index in [-0.39, 0.29) is 62.5 Å². The smallest absolute Gasteiger partial charge is 0.490 e. The number of nitriles is 3. The Hall–Kier alpha value is -14.6. The van der Waals surface area contributed by atoms with Crippen molar-refractivity contribution in [3.05, 3.63) is 251 Å². The van der Waals surface area contributed by atoms with Crippen LogP contribution in [0.1, 0.15) is 105 Å². The minimum Gasteiger partial charge on any atom is -0.497 e. The number of halogens is 6. The summed E-state index contributed by atoms with van der Waals surface area (Å²) in [4.78, 5) is 63.3. The van der Waals surface area contributed by atoms with Crippen LogP contribution in [0.4, 0.5) is 54.7 Å². The van der Waals surface area contributed by atoms with Crippen molar-refractivity contribution in [1.29, 1.82) is 15.8 Å². The summed E-state index contributed by atoms with van der Waals surface area (Å²) >= 11 is 6.84. The molecule has 31 nitrogen and oxygen atoms in total. The van der Waals surface area contributed by atoms with E-state index in [1.165, 1.54) is 40.7 Å². The van der Waals surface area contributed by atoms with E-state index in [0.717, 1.165) is 70.5 Å². The molecule has 752 valence electrons. The summed E-state index contributed by atoms with van der Waals surface area (Å²) in [6, 6.07) is 61.3. The SMILES string of the molecule is CC(C)(C)OC(=O)N1C[C@H](F)C[C@H]1C=O.COc1ccc(Oc2cc(-c3cncc(C#N)c3)ccc2NC[C@@H]2C[C@@H](F)CN2)cc1.COc1ccc(Oc2cc(-c3cncc(C#N)c3)ccc2NC[C@@H]2C[C@@H](F)CN2C(=O)OC(C)(C)C)cc1.COc1ccc(Oc2cc(Br)ccc2N)cc1.COc1ccc(Oc2cc(Br)ccc2NC[C@@H]2C[C@@H](F)CN2C(=O)OC(C)(C)C)cc1.N#Cc1cncc(B(O)O)c1. The summed E-state index contributed by atoms with van der Waals surface area (Å²) in [5.41, 5.74) is 11.5. The number of carbonyl (C=O) groups is 4. The fraction of sp³-hybridized carbons (Fsp3) is 0.333. The van der Waals surface area contributed by atoms with E-state index in [0.29, 0.717) is 113 Å². The molecule has 4 saturated heterocycles. The number of benzene rings is 8. The highest BCUT2D eigenvalue weighted by atomic mass is 79.9. The minimum absolute atomic E-state index is 0.00234. The number of nitrogens with one attached hydrogen (secondary N) is 4. The van der Waals surface area contributed by atoms with Crippen molar-refractivity contribution in [2.75, 3.05) is 95.9 Å². The normalized spacial score (nSPS) is 17.0. The van der Waals surface area contributed by atoms with Crippen molar-refractivity contribution < 1.29 is 98.9 Å². The molecule has 8 N–H and O–H groups in total. The number of nitrogens with two attached hydrogens (primary N) is 1. The number of aromatic nitrogens is 3. The van der Waals surface area contributed by atoms with Crippen LogP contribution in [0, 0.1) is 34.0 Å². The number of alkyl halides is 4. The number of hydrogen-bond donors (Lipinski definition) is 7. The number of likely N-dealkylation sites (tertiary alicyclic amines) is 3. The zero-order valence-electron chi connectivity index (χ0n) is 81.3. The summed E-state index contributed by atoms with van der Waals surface area (Å²) in [7, 11) is 4.89. The standard InChI is InChI=1S/C29H31FN4O4.C24H23FN4O2.C23H28BrFN2O4.C13H12BrNO2.C10H16FNO3.C6H5BN2O2/c1-29(2,3)38-28(35)34-18-22(30)13-23(34)17-33-26-10-5-20(21-11-19(14-31)15-32-16-21)12-27(26)37-25-8-6-24(36-4)7-9-25;1-30-21-3-5-22(6-4-21)31-24-9-17(18-8-16(11-26)12-27-13-18)2-7-23(24)29-15-20-10-19(25)14-28-20;1-23(2,3)31-22(28)27-14-16(25)12-17(27)13-26-20-10-5-15(24)11-21(20)30-19-8-6-18(29-4)7-9-19;1-16-10-3-5-11(6-4-10)17-13-8-9(14)2-7-12(13)15;1-10(2,3)15-9(14)12-5-7(11)4-8(12)6-13;8-2-5-1-6(7(10)11)4-9-3-5/h5-12,15-16,22-23,33H,13,17-18H2,1-4H3;2-9,12-13,19-20,28-29H,10,14-15H2,1H3;5-11,16-17,26H,12-14H2,1-4H3;2-8H,15H2,1H3;6-8H,4-5H2,1-3H3;1,3-4,10-11H/t22-,23+;19-,20+;16-,17+;;7-,8+;/m111.1./s1. The lowest BCUT2D eigenvalue weighted by molar-refractivity contribution is -0.111. The highest BCUT2D eigenvalue weighted by Gasteiger charge is 2.41. The Morgan fingerprint density at radius 3 is 1.14 bits per heavy atom. The van der Waals surface area contributed by atoms with Crippen LogP contribution in [0.2, 0.25) is 0 Å². The predicted octanol–water partition coefficient (Wildman–Crippen LogP) is 20.7. The number of nitrogens with zero attached hydrogens (tertiary/aromatic N) is 9. The molecular weight excluding hydrogens is 1980 g/mol. The van der Waals surface area contributed by atoms with Gasteiger partial charge >= 0.3 is 25.4 Å². The first-order chi connectivity index (χ1) is 68.2. The van der Waals surface area contributed by atoms with E-state index >= 15 is 0 Å². The zero-order chi connectivity index (χ0) is 104. The summed E-state index contributed by atoms with van der Waals surface area (Å²) < 4.78 is 117. The third kappa shape index (κ3) is 35.2. The monoisotopic (exact) mass is 2090 g/mol. The van der Waals surface area contributed by atoms with Gasteiger partial charge in [-0.3, -0.25) is 19.9 Å². The van der Waals surface area contributed by atoms with Gasteiger partial charge in [-0.1, -0.05) is 44.0 Å². The second kappa shape index (κ2) is 52.8. The van der Waals surface area contributed by atoms with Crippen LogP contribution >= 0.6 is 31.9 Å². The number of aldehydes is 1. The second-order valence-corrected chi connectivity index (χ2v) is 37.8. The Bertz CT molecular complexity index is 6180. The third-order valence-corrected chi connectivity index (χ3v) is 22.4. The molecule has 0 spiro atoms. The summed E-state index contributed by atoms with van der Waals surface area (Å²) in [5.74, 6) is 7.99. The molecule has 11 aromatic rings. The first kappa shape index (κ1) is 110. The molecule has 0 bridgehead atoms. The molecule has 0 unspecified atom stereocenters. The van der Waals surface area contributed by atoms with Gasteiger partial charge in [-0.2, -0.15) is 15.8 Å². The van der Waals surface area contributed by atoms with Crippen molar-refractivity contribution >= 4 is 91.8 Å². The maximum atomic E-state index is 14.3. The highest BCUT2D eigenvalue weighted by Crippen LogP contribution is 2.41. The molecule has 38 heteroatoms. The minimum atomic E-state index is -1.56. The van der Waals surface area contributed by atoms with Gasteiger partial charge in [0, 0.05) is 114 Å². The number of carbonyl (C=O) groups excluding carboxylic acids is 4. The number of amides is 3. The molecule has 143 heavy (non-hydrogen) atoms.